The normalized spacial score (nSPS) is 14.6. The molecule has 0 unspecified atom stereocenters. The van der Waals surface area contributed by atoms with Crippen molar-refractivity contribution in [2.75, 3.05) is 38.2 Å². The number of piperazine rings is 1. The number of hydrogen-bond acceptors (Lipinski definition) is 5. The van der Waals surface area contributed by atoms with Gasteiger partial charge in [-0.15, -0.1) is 0 Å². The Morgan fingerprint density at radius 3 is 2.34 bits per heavy atom. The summed E-state index contributed by atoms with van der Waals surface area (Å²) in [5.74, 6) is 0.850. The largest absolute Gasteiger partial charge is 0.497 e. The highest BCUT2D eigenvalue weighted by Gasteiger charge is 2.19. The predicted octanol–water partition coefficient (Wildman–Crippen LogP) is 3.89. The molecule has 0 saturated carbocycles. The van der Waals surface area contributed by atoms with Gasteiger partial charge in [0.25, 0.3) is 0 Å². The lowest BCUT2D eigenvalue weighted by atomic mass is 10.0. The molecule has 5 nitrogen and oxygen atoms in total. The van der Waals surface area contributed by atoms with Gasteiger partial charge in [0.15, 0.2) is 0 Å². The highest BCUT2D eigenvalue weighted by atomic mass is 16.5. The molecule has 2 aromatic carbocycles. The summed E-state index contributed by atoms with van der Waals surface area (Å²) in [6.07, 6.45) is 2.74. The second-order valence-electron chi connectivity index (χ2n) is 7.21. The minimum Gasteiger partial charge on any atom is -0.497 e. The molecule has 0 N–H and O–H groups in total. The number of hydrogen-bond donors (Lipinski definition) is 0. The second kappa shape index (κ2) is 8.88. The van der Waals surface area contributed by atoms with Gasteiger partial charge in [0.05, 0.1) is 12.8 Å². The fourth-order valence-electron chi connectivity index (χ4n) is 3.74. The number of carbonyl (C=O) groups excluding carboxylic acids is 1. The van der Waals surface area contributed by atoms with Crippen LogP contribution in [0.25, 0.3) is 11.3 Å². The average Bonchev–Trinajstić information content (AvgIpc) is 2.80. The quantitative estimate of drug-likeness (QED) is 0.601. The first-order valence-electron chi connectivity index (χ1n) is 9.87. The molecule has 1 fully saturated rings. The monoisotopic (exact) mass is 387 g/mol. The zero-order valence-electron chi connectivity index (χ0n) is 16.6. The van der Waals surface area contributed by atoms with Crippen LogP contribution in [0, 0.1) is 0 Å². The zero-order chi connectivity index (χ0) is 20.1. The summed E-state index contributed by atoms with van der Waals surface area (Å²) in [6.45, 7) is 4.81. The highest BCUT2D eigenvalue weighted by Crippen LogP contribution is 2.25. The Morgan fingerprint density at radius 1 is 0.966 bits per heavy atom. The summed E-state index contributed by atoms with van der Waals surface area (Å²) in [6, 6.07) is 20.1. The Kier molecular flexibility index (Phi) is 5.86. The number of methoxy groups -OCH3 is 1. The van der Waals surface area contributed by atoms with Crippen molar-refractivity contribution >= 4 is 12.0 Å². The maximum atomic E-state index is 10.8. The molecule has 0 radical (unpaired) electrons. The Hall–Kier alpha value is -3.18. The van der Waals surface area contributed by atoms with Crippen LogP contribution in [0.5, 0.6) is 5.75 Å². The third kappa shape index (κ3) is 4.46. The second-order valence-corrected chi connectivity index (χ2v) is 7.21. The van der Waals surface area contributed by atoms with Gasteiger partial charge in [-0.2, -0.15) is 0 Å². The van der Waals surface area contributed by atoms with Crippen LogP contribution >= 0.6 is 0 Å². The topological polar surface area (TPSA) is 45.7 Å². The predicted molar refractivity (Wildman–Crippen MR) is 116 cm³/mol. The van der Waals surface area contributed by atoms with Crippen LogP contribution < -0.4 is 9.64 Å². The molecule has 0 aliphatic carbocycles. The van der Waals surface area contributed by atoms with Crippen molar-refractivity contribution in [1.82, 2.24) is 9.88 Å². The van der Waals surface area contributed by atoms with Crippen LogP contribution in [0.1, 0.15) is 15.9 Å². The number of anilines is 1. The summed E-state index contributed by atoms with van der Waals surface area (Å²) in [4.78, 5) is 20.3. The van der Waals surface area contributed by atoms with Gasteiger partial charge in [0.1, 0.15) is 12.0 Å². The van der Waals surface area contributed by atoms with Crippen LogP contribution in [0.2, 0.25) is 0 Å². The molecule has 5 heteroatoms. The number of aldehydes is 1. The van der Waals surface area contributed by atoms with Crippen LogP contribution in [0.3, 0.4) is 0 Å². The van der Waals surface area contributed by atoms with E-state index in [1.807, 2.05) is 48.7 Å². The van der Waals surface area contributed by atoms with Crippen LogP contribution in [0.15, 0.2) is 66.9 Å². The minimum absolute atomic E-state index is 0.718. The molecule has 0 amide bonds. The van der Waals surface area contributed by atoms with Crippen LogP contribution in [-0.4, -0.2) is 49.5 Å². The van der Waals surface area contributed by atoms with Gasteiger partial charge < -0.3 is 9.64 Å². The van der Waals surface area contributed by atoms with Gasteiger partial charge in [-0.25, -0.2) is 0 Å². The van der Waals surface area contributed by atoms with E-state index in [4.69, 9.17) is 4.74 Å². The molecule has 29 heavy (non-hydrogen) atoms. The fraction of sp³-hybridized carbons (Fsp3) is 0.250. The number of ether oxygens (including phenoxy) is 1. The van der Waals surface area contributed by atoms with E-state index in [9.17, 15) is 4.79 Å². The summed E-state index contributed by atoms with van der Waals surface area (Å²) in [5.41, 5.74) is 5.27. The van der Waals surface area contributed by atoms with Gasteiger partial charge in [0.2, 0.25) is 0 Å². The summed E-state index contributed by atoms with van der Waals surface area (Å²) in [5, 5.41) is 0. The molecule has 4 rings (SSSR count). The van der Waals surface area contributed by atoms with Crippen molar-refractivity contribution in [3.8, 4) is 17.0 Å². The van der Waals surface area contributed by atoms with E-state index in [0.29, 0.717) is 0 Å². The van der Waals surface area contributed by atoms with E-state index in [2.05, 4.69) is 33.0 Å². The molecular weight excluding hydrogens is 362 g/mol. The fourth-order valence-corrected chi connectivity index (χ4v) is 3.74. The van der Waals surface area contributed by atoms with E-state index < -0.39 is 0 Å². The van der Waals surface area contributed by atoms with Crippen molar-refractivity contribution in [1.29, 1.82) is 0 Å². The van der Waals surface area contributed by atoms with Gasteiger partial charge >= 0.3 is 0 Å². The molecule has 1 aromatic heterocycles. The number of pyridine rings is 1. The lowest BCUT2D eigenvalue weighted by Crippen LogP contribution is -2.46. The maximum Gasteiger partial charge on any atom is 0.150 e. The summed E-state index contributed by atoms with van der Waals surface area (Å²) < 4.78 is 5.27. The van der Waals surface area contributed by atoms with Gasteiger partial charge in [-0.05, 0) is 60.2 Å². The van der Waals surface area contributed by atoms with E-state index in [-0.39, 0.29) is 0 Å². The summed E-state index contributed by atoms with van der Waals surface area (Å²) in [7, 11) is 1.68. The number of carbonyl (C=O) groups is 1. The molecule has 1 aliphatic heterocycles. The Bertz CT molecular complexity index is 947. The molecule has 148 valence electrons. The maximum absolute atomic E-state index is 10.8. The molecule has 3 aromatic rings. The molecule has 2 heterocycles. The molecule has 0 spiro atoms. The summed E-state index contributed by atoms with van der Waals surface area (Å²) >= 11 is 0. The highest BCUT2D eigenvalue weighted by molar-refractivity contribution is 5.75. The molecule has 0 bridgehead atoms. The third-order valence-electron chi connectivity index (χ3n) is 5.42. The third-order valence-corrected chi connectivity index (χ3v) is 5.42. The first kappa shape index (κ1) is 19.2. The van der Waals surface area contributed by atoms with E-state index in [1.165, 1.54) is 11.3 Å². The number of rotatable bonds is 6. The Balaban J connectivity index is 1.42. The molecular formula is C24H25N3O2. The first-order valence-corrected chi connectivity index (χ1v) is 9.87. The van der Waals surface area contributed by atoms with Crippen molar-refractivity contribution in [2.45, 2.75) is 6.54 Å². The first-order chi connectivity index (χ1) is 14.3. The number of aromatic nitrogens is 1. The van der Waals surface area contributed by atoms with E-state index >= 15 is 0 Å². The number of nitrogens with zero attached hydrogens (tertiary/aromatic N) is 3. The van der Waals surface area contributed by atoms with Gasteiger partial charge in [0, 0.05) is 55.7 Å². The lowest BCUT2D eigenvalue weighted by molar-refractivity contribution is 0.112. The van der Waals surface area contributed by atoms with Crippen molar-refractivity contribution in [3.05, 3.63) is 78.0 Å². The van der Waals surface area contributed by atoms with Crippen molar-refractivity contribution < 1.29 is 9.53 Å². The van der Waals surface area contributed by atoms with Crippen LogP contribution in [-0.2, 0) is 6.54 Å². The smallest absolute Gasteiger partial charge is 0.150 e. The number of benzene rings is 2. The Morgan fingerprint density at radius 2 is 1.69 bits per heavy atom. The van der Waals surface area contributed by atoms with Crippen molar-refractivity contribution in [3.63, 3.8) is 0 Å². The van der Waals surface area contributed by atoms with Gasteiger partial charge in [-0.3, -0.25) is 14.7 Å². The zero-order valence-corrected chi connectivity index (χ0v) is 16.6. The lowest BCUT2D eigenvalue weighted by Gasteiger charge is -2.36. The average molecular weight is 387 g/mol. The SMILES string of the molecule is COc1ccc(-c2ncccc2CN2CCN(c3ccc(C=O)cc3)CC2)cc1. The van der Waals surface area contributed by atoms with E-state index in [0.717, 1.165) is 61.6 Å². The van der Waals surface area contributed by atoms with Crippen molar-refractivity contribution in [2.24, 2.45) is 0 Å². The van der Waals surface area contributed by atoms with E-state index in [1.54, 1.807) is 7.11 Å². The standard InChI is InChI=1S/C24H25N3O2/c1-29-23-10-6-20(7-11-23)24-21(3-2-12-25-24)17-26-13-15-27(16-14-26)22-8-4-19(18-28)5-9-22/h2-12,18H,13-17H2,1H3. The van der Waals surface area contributed by atoms with Crippen LogP contribution in [0.4, 0.5) is 5.69 Å². The Labute approximate surface area is 171 Å². The molecule has 0 atom stereocenters. The molecule has 1 saturated heterocycles. The minimum atomic E-state index is 0.718. The van der Waals surface area contributed by atoms with Gasteiger partial charge in [-0.1, -0.05) is 6.07 Å². The molecule has 1 aliphatic rings.